The number of piperazine rings is 1. The number of nitrogens with zero attached hydrogens (tertiary/aromatic N) is 3. The Balaban J connectivity index is 1.88. The molecule has 2 heterocycles. The first-order valence-electron chi connectivity index (χ1n) is 6.73. The van der Waals surface area contributed by atoms with Crippen molar-refractivity contribution in [3.63, 3.8) is 0 Å². The molecule has 2 rings (SSSR count). The van der Waals surface area contributed by atoms with Crippen LogP contribution in [0.25, 0.3) is 0 Å². The molecule has 0 atom stereocenters. The first-order chi connectivity index (χ1) is 10.1. The first-order valence-corrected chi connectivity index (χ1v) is 6.73. The van der Waals surface area contributed by atoms with Crippen LogP contribution in [-0.4, -0.2) is 71.7 Å². The van der Waals surface area contributed by atoms with Gasteiger partial charge in [-0.3, -0.25) is 14.4 Å². The molecule has 1 fully saturated rings. The van der Waals surface area contributed by atoms with Gasteiger partial charge < -0.3 is 14.5 Å². The molecule has 2 amide bonds. The van der Waals surface area contributed by atoms with Crippen molar-refractivity contribution in [2.45, 2.75) is 6.42 Å². The number of hydrogen-bond donors (Lipinski definition) is 1. The number of hydrogen-bond acceptors (Lipinski definition) is 5. The number of carbonyl (C=O) groups excluding carboxylic acids is 2. The Morgan fingerprint density at radius 1 is 1.24 bits per heavy atom. The number of aromatic amines is 1. The smallest absolute Gasteiger partial charge is 0.274 e. The number of carbonyl (C=O) groups is 2. The van der Waals surface area contributed by atoms with E-state index >= 15 is 0 Å². The summed E-state index contributed by atoms with van der Waals surface area (Å²) >= 11 is 0. The standard InChI is InChI=1S/C13H18N4O4/c1-21-9-4-12(19)16-5-7-17(8-6-16)13(20)10-2-3-11(18)15-14-10/h2-3H,4-9H2,1H3,(H,15,18). The maximum Gasteiger partial charge on any atom is 0.274 e. The normalized spacial score (nSPS) is 15.1. The van der Waals surface area contributed by atoms with Crippen molar-refractivity contribution in [1.29, 1.82) is 0 Å². The summed E-state index contributed by atoms with van der Waals surface area (Å²) in [4.78, 5) is 38.3. The fraction of sp³-hybridized carbons (Fsp3) is 0.538. The summed E-state index contributed by atoms with van der Waals surface area (Å²) in [5, 5.41) is 5.96. The van der Waals surface area contributed by atoms with E-state index in [1.807, 2.05) is 0 Å². The highest BCUT2D eigenvalue weighted by molar-refractivity contribution is 5.92. The molecule has 0 bridgehead atoms. The Kier molecular flexibility index (Phi) is 5.04. The van der Waals surface area contributed by atoms with Gasteiger partial charge in [-0.25, -0.2) is 5.10 Å². The van der Waals surface area contributed by atoms with E-state index in [4.69, 9.17) is 4.74 Å². The number of rotatable bonds is 4. The summed E-state index contributed by atoms with van der Waals surface area (Å²) in [6.07, 6.45) is 0.353. The third kappa shape index (κ3) is 3.88. The van der Waals surface area contributed by atoms with E-state index in [1.165, 1.54) is 12.1 Å². The van der Waals surface area contributed by atoms with Gasteiger partial charge in [0, 0.05) is 39.4 Å². The second-order valence-electron chi connectivity index (χ2n) is 4.72. The van der Waals surface area contributed by atoms with Gasteiger partial charge in [-0.15, -0.1) is 0 Å². The van der Waals surface area contributed by atoms with Crippen molar-refractivity contribution >= 4 is 11.8 Å². The quantitative estimate of drug-likeness (QED) is 0.775. The molecule has 0 saturated carbocycles. The van der Waals surface area contributed by atoms with Crippen LogP contribution in [0.4, 0.5) is 0 Å². The molecular formula is C13H18N4O4. The van der Waals surface area contributed by atoms with Gasteiger partial charge in [0.15, 0.2) is 0 Å². The number of H-pyrrole nitrogens is 1. The second-order valence-corrected chi connectivity index (χ2v) is 4.72. The molecule has 1 aliphatic heterocycles. The van der Waals surface area contributed by atoms with E-state index in [2.05, 4.69) is 10.2 Å². The molecule has 1 aromatic heterocycles. The molecule has 114 valence electrons. The van der Waals surface area contributed by atoms with Crippen LogP contribution in [0.2, 0.25) is 0 Å². The lowest BCUT2D eigenvalue weighted by atomic mass is 10.2. The lowest BCUT2D eigenvalue weighted by molar-refractivity contribution is -0.133. The summed E-state index contributed by atoms with van der Waals surface area (Å²) in [6.45, 7) is 2.31. The highest BCUT2D eigenvalue weighted by atomic mass is 16.5. The molecule has 0 radical (unpaired) electrons. The predicted molar refractivity (Wildman–Crippen MR) is 73.8 cm³/mol. The van der Waals surface area contributed by atoms with Gasteiger partial charge in [0.05, 0.1) is 13.0 Å². The molecule has 1 saturated heterocycles. The monoisotopic (exact) mass is 294 g/mol. The number of ether oxygens (including phenoxy) is 1. The molecule has 0 aliphatic carbocycles. The Morgan fingerprint density at radius 2 is 1.90 bits per heavy atom. The molecule has 8 nitrogen and oxygen atoms in total. The third-order valence-electron chi connectivity index (χ3n) is 3.34. The molecule has 21 heavy (non-hydrogen) atoms. The lowest BCUT2D eigenvalue weighted by Gasteiger charge is -2.34. The number of nitrogens with one attached hydrogen (secondary N) is 1. The van der Waals surface area contributed by atoms with E-state index in [0.29, 0.717) is 39.2 Å². The van der Waals surface area contributed by atoms with Gasteiger partial charge in [-0.1, -0.05) is 0 Å². The molecule has 1 aromatic rings. The van der Waals surface area contributed by atoms with Crippen LogP contribution in [0.15, 0.2) is 16.9 Å². The van der Waals surface area contributed by atoms with Gasteiger partial charge >= 0.3 is 0 Å². The van der Waals surface area contributed by atoms with Crippen molar-refractivity contribution in [2.75, 3.05) is 39.9 Å². The highest BCUT2D eigenvalue weighted by Gasteiger charge is 2.25. The van der Waals surface area contributed by atoms with Crippen molar-refractivity contribution in [2.24, 2.45) is 0 Å². The van der Waals surface area contributed by atoms with Crippen molar-refractivity contribution in [3.8, 4) is 0 Å². The maximum atomic E-state index is 12.2. The Labute approximate surface area is 121 Å². The van der Waals surface area contributed by atoms with E-state index in [-0.39, 0.29) is 23.1 Å². The first kappa shape index (κ1) is 15.2. The maximum absolute atomic E-state index is 12.2. The zero-order chi connectivity index (χ0) is 15.2. The summed E-state index contributed by atoms with van der Waals surface area (Å²) in [5.74, 6) is -0.207. The fourth-order valence-corrected chi connectivity index (χ4v) is 2.13. The van der Waals surface area contributed by atoms with Gasteiger partial charge in [-0.05, 0) is 6.07 Å². The van der Waals surface area contributed by atoms with Crippen molar-refractivity contribution < 1.29 is 14.3 Å². The average molecular weight is 294 g/mol. The van der Waals surface area contributed by atoms with Crippen molar-refractivity contribution in [1.82, 2.24) is 20.0 Å². The molecule has 1 aliphatic rings. The van der Waals surface area contributed by atoms with Gasteiger partial charge in [0.25, 0.3) is 11.5 Å². The Morgan fingerprint density at radius 3 is 2.48 bits per heavy atom. The fourth-order valence-electron chi connectivity index (χ4n) is 2.13. The molecular weight excluding hydrogens is 276 g/mol. The zero-order valence-electron chi connectivity index (χ0n) is 11.9. The molecule has 0 unspecified atom stereocenters. The van der Waals surface area contributed by atoms with Crippen LogP contribution in [-0.2, 0) is 9.53 Å². The Hall–Kier alpha value is -2.22. The van der Waals surface area contributed by atoms with E-state index in [9.17, 15) is 14.4 Å². The summed E-state index contributed by atoms with van der Waals surface area (Å²) in [5.41, 5.74) is -0.145. The van der Waals surface area contributed by atoms with Gasteiger partial charge in [-0.2, -0.15) is 5.10 Å². The highest BCUT2D eigenvalue weighted by Crippen LogP contribution is 2.07. The van der Waals surface area contributed by atoms with Crippen LogP contribution >= 0.6 is 0 Å². The van der Waals surface area contributed by atoms with Gasteiger partial charge in [0.2, 0.25) is 5.91 Å². The van der Waals surface area contributed by atoms with Crippen molar-refractivity contribution in [3.05, 3.63) is 28.2 Å². The number of aromatic nitrogens is 2. The molecule has 1 N–H and O–H groups in total. The van der Waals surface area contributed by atoms with E-state index in [1.54, 1.807) is 16.9 Å². The SMILES string of the molecule is COCCC(=O)N1CCN(C(=O)c2ccc(=O)[nH]n2)CC1. The summed E-state index contributed by atoms with van der Waals surface area (Å²) in [6, 6.07) is 2.67. The molecule has 8 heteroatoms. The summed E-state index contributed by atoms with van der Waals surface area (Å²) in [7, 11) is 1.56. The van der Waals surface area contributed by atoms with Crippen LogP contribution < -0.4 is 5.56 Å². The minimum atomic E-state index is -0.347. The van der Waals surface area contributed by atoms with E-state index in [0.717, 1.165) is 0 Å². The topological polar surface area (TPSA) is 95.6 Å². The Bertz CT molecular complexity index is 543. The predicted octanol–water partition coefficient (Wildman–Crippen LogP) is -0.909. The summed E-state index contributed by atoms with van der Waals surface area (Å²) < 4.78 is 4.88. The van der Waals surface area contributed by atoms with Crippen LogP contribution in [0.3, 0.4) is 0 Å². The van der Waals surface area contributed by atoms with Gasteiger partial charge in [0.1, 0.15) is 5.69 Å². The van der Waals surface area contributed by atoms with E-state index < -0.39 is 0 Å². The minimum absolute atomic E-state index is 0.0334. The minimum Gasteiger partial charge on any atom is -0.384 e. The zero-order valence-corrected chi connectivity index (χ0v) is 11.9. The second kappa shape index (κ2) is 6.98. The lowest BCUT2D eigenvalue weighted by Crippen LogP contribution is -2.51. The third-order valence-corrected chi connectivity index (χ3v) is 3.34. The largest absolute Gasteiger partial charge is 0.384 e. The molecule has 0 spiro atoms. The number of methoxy groups -OCH3 is 1. The average Bonchev–Trinajstić information content (AvgIpc) is 2.53. The van der Waals surface area contributed by atoms with Crippen LogP contribution in [0.1, 0.15) is 16.9 Å². The molecule has 0 aromatic carbocycles. The van der Waals surface area contributed by atoms with Crippen LogP contribution in [0, 0.1) is 0 Å². The van der Waals surface area contributed by atoms with Crippen LogP contribution in [0.5, 0.6) is 0 Å². The number of amides is 2.